The fourth-order valence-corrected chi connectivity index (χ4v) is 3.80. The molecule has 0 radical (unpaired) electrons. The maximum atomic E-state index is 9.37. The first-order valence-corrected chi connectivity index (χ1v) is 7.41. The minimum absolute atomic E-state index is 0.0261. The van der Waals surface area contributed by atoms with Gasteiger partial charge in [-0.25, -0.2) is 0 Å². The van der Waals surface area contributed by atoms with E-state index in [2.05, 4.69) is 0 Å². The van der Waals surface area contributed by atoms with Crippen molar-refractivity contribution in [3.8, 4) is 0 Å². The highest BCUT2D eigenvalue weighted by Gasteiger charge is 2.39. The van der Waals surface area contributed by atoms with Crippen molar-refractivity contribution in [1.29, 1.82) is 0 Å². The van der Waals surface area contributed by atoms with Gasteiger partial charge in [-0.2, -0.15) is 11.8 Å². The molecule has 2 unspecified atom stereocenters. The van der Waals surface area contributed by atoms with E-state index in [-0.39, 0.29) is 12.2 Å². The largest absolute Gasteiger partial charge is 0.394 e. The van der Waals surface area contributed by atoms with E-state index >= 15 is 0 Å². The second-order valence-corrected chi connectivity index (χ2v) is 6.26. The van der Waals surface area contributed by atoms with Gasteiger partial charge in [0.2, 0.25) is 0 Å². The van der Waals surface area contributed by atoms with Crippen LogP contribution in [-0.2, 0) is 9.47 Å². The molecule has 2 saturated heterocycles. The standard InChI is InChI=1S/C12H22O4S/c13-8-10(14)9-17-11-1-4-16-12(7-11)2-5-15-6-3-12/h10-11,13-14H,1-9H2. The van der Waals surface area contributed by atoms with Gasteiger partial charge in [0.25, 0.3) is 0 Å². The van der Waals surface area contributed by atoms with Crippen LogP contribution in [-0.4, -0.2) is 59.3 Å². The number of aliphatic hydroxyl groups excluding tert-OH is 2. The molecule has 2 heterocycles. The molecular formula is C12H22O4S. The fourth-order valence-electron chi connectivity index (χ4n) is 2.52. The molecule has 100 valence electrons. The highest BCUT2D eigenvalue weighted by molar-refractivity contribution is 7.99. The number of thioether (sulfide) groups is 1. The lowest BCUT2D eigenvalue weighted by molar-refractivity contribution is -0.131. The Morgan fingerprint density at radius 3 is 2.76 bits per heavy atom. The highest BCUT2D eigenvalue weighted by atomic mass is 32.2. The molecule has 2 aliphatic heterocycles. The van der Waals surface area contributed by atoms with Gasteiger partial charge in [-0.3, -0.25) is 0 Å². The van der Waals surface area contributed by atoms with Crippen LogP contribution in [0.25, 0.3) is 0 Å². The van der Waals surface area contributed by atoms with E-state index in [1.54, 1.807) is 11.8 Å². The molecule has 2 fully saturated rings. The third-order valence-electron chi connectivity index (χ3n) is 3.59. The molecule has 17 heavy (non-hydrogen) atoms. The number of hydrogen-bond donors (Lipinski definition) is 2. The van der Waals surface area contributed by atoms with Gasteiger partial charge in [-0.05, 0) is 25.7 Å². The summed E-state index contributed by atoms with van der Waals surface area (Å²) in [5.74, 6) is 0.619. The molecule has 2 N–H and O–H groups in total. The van der Waals surface area contributed by atoms with E-state index in [9.17, 15) is 5.11 Å². The van der Waals surface area contributed by atoms with Gasteiger partial charge < -0.3 is 19.7 Å². The number of rotatable bonds is 4. The Balaban J connectivity index is 1.79. The van der Waals surface area contributed by atoms with Crippen molar-refractivity contribution in [3.63, 3.8) is 0 Å². The van der Waals surface area contributed by atoms with E-state index in [1.807, 2.05) is 0 Å². The molecule has 0 aromatic rings. The molecule has 2 rings (SSSR count). The minimum atomic E-state index is -0.589. The van der Waals surface area contributed by atoms with Crippen molar-refractivity contribution in [3.05, 3.63) is 0 Å². The average Bonchev–Trinajstić information content (AvgIpc) is 2.37. The SMILES string of the molecule is OCC(O)CSC1CCOC2(CCOCC2)C1. The zero-order valence-corrected chi connectivity index (χ0v) is 11.0. The first kappa shape index (κ1) is 13.6. The third-order valence-corrected chi connectivity index (χ3v) is 5.04. The highest BCUT2D eigenvalue weighted by Crippen LogP contribution is 2.38. The topological polar surface area (TPSA) is 58.9 Å². The molecule has 0 aromatic heterocycles. The molecule has 0 aromatic carbocycles. The quantitative estimate of drug-likeness (QED) is 0.785. The summed E-state index contributed by atoms with van der Waals surface area (Å²) in [6, 6.07) is 0. The summed E-state index contributed by atoms with van der Waals surface area (Å²) in [7, 11) is 0. The molecule has 5 heteroatoms. The van der Waals surface area contributed by atoms with Gasteiger partial charge in [0.1, 0.15) is 0 Å². The van der Waals surface area contributed by atoms with Crippen LogP contribution < -0.4 is 0 Å². The minimum Gasteiger partial charge on any atom is -0.394 e. The van der Waals surface area contributed by atoms with Crippen molar-refractivity contribution in [2.24, 2.45) is 0 Å². The van der Waals surface area contributed by atoms with E-state index in [0.29, 0.717) is 11.0 Å². The first-order valence-electron chi connectivity index (χ1n) is 6.36. The van der Waals surface area contributed by atoms with Gasteiger partial charge in [-0.15, -0.1) is 0 Å². The molecule has 1 spiro atoms. The summed E-state index contributed by atoms with van der Waals surface area (Å²) >= 11 is 1.77. The Labute approximate surface area is 107 Å². The number of hydrogen-bond acceptors (Lipinski definition) is 5. The zero-order chi connectivity index (χ0) is 12.1. The number of aliphatic hydroxyl groups is 2. The first-order chi connectivity index (χ1) is 8.24. The van der Waals surface area contributed by atoms with Crippen LogP contribution in [0.15, 0.2) is 0 Å². The molecular weight excluding hydrogens is 240 g/mol. The van der Waals surface area contributed by atoms with E-state index < -0.39 is 6.10 Å². The maximum absolute atomic E-state index is 9.37. The van der Waals surface area contributed by atoms with Gasteiger partial charge in [0, 0.05) is 30.8 Å². The molecule has 0 amide bonds. The van der Waals surface area contributed by atoms with Crippen molar-refractivity contribution < 1.29 is 19.7 Å². The molecule has 0 bridgehead atoms. The summed E-state index contributed by atoms with van der Waals surface area (Å²) in [6.45, 7) is 2.27. The lowest BCUT2D eigenvalue weighted by Crippen LogP contribution is -2.45. The van der Waals surface area contributed by atoms with Crippen molar-refractivity contribution >= 4 is 11.8 Å². The van der Waals surface area contributed by atoms with Gasteiger partial charge in [0.15, 0.2) is 0 Å². The van der Waals surface area contributed by atoms with Crippen LogP contribution in [0.1, 0.15) is 25.7 Å². The molecule has 2 atom stereocenters. The lowest BCUT2D eigenvalue weighted by Gasteiger charge is -2.43. The Morgan fingerprint density at radius 2 is 2.06 bits per heavy atom. The van der Waals surface area contributed by atoms with Crippen LogP contribution in [0.5, 0.6) is 0 Å². The summed E-state index contributed by atoms with van der Waals surface area (Å²) in [4.78, 5) is 0. The van der Waals surface area contributed by atoms with Crippen molar-refractivity contribution in [1.82, 2.24) is 0 Å². The fraction of sp³-hybridized carbons (Fsp3) is 1.00. The zero-order valence-electron chi connectivity index (χ0n) is 10.1. The predicted octanol–water partition coefficient (Wildman–Crippen LogP) is 0.801. The summed E-state index contributed by atoms with van der Waals surface area (Å²) in [5.41, 5.74) is 0.0261. The second-order valence-electron chi connectivity index (χ2n) is 4.93. The summed E-state index contributed by atoms with van der Waals surface area (Å²) in [6.07, 6.45) is 3.50. The van der Waals surface area contributed by atoms with Crippen molar-refractivity contribution in [2.75, 3.05) is 32.2 Å². The number of ether oxygens (including phenoxy) is 2. The third kappa shape index (κ3) is 3.83. The Hall–Kier alpha value is 0.190. The Bertz CT molecular complexity index is 225. The van der Waals surface area contributed by atoms with Gasteiger partial charge in [-0.1, -0.05) is 0 Å². The lowest BCUT2D eigenvalue weighted by atomic mass is 9.86. The van der Waals surface area contributed by atoms with Crippen LogP contribution in [0.3, 0.4) is 0 Å². The van der Waals surface area contributed by atoms with Crippen LogP contribution in [0.4, 0.5) is 0 Å². The Kier molecular flexibility index (Phi) is 5.11. The maximum Gasteiger partial charge on any atom is 0.0861 e. The predicted molar refractivity (Wildman–Crippen MR) is 67.3 cm³/mol. The Morgan fingerprint density at radius 1 is 1.29 bits per heavy atom. The second kappa shape index (κ2) is 6.38. The van der Waals surface area contributed by atoms with Crippen LogP contribution >= 0.6 is 11.8 Å². The van der Waals surface area contributed by atoms with Gasteiger partial charge in [0.05, 0.1) is 18.3 Å². The van der Waals surface area contributed by atoms with Crippen LogP contribution in [0.2, 0.25) is 0 Å². The molecule has 0 saturated carbocycles. The van der Waals surface area contributed by atoms with E-state index in [0.717, 1.165) is 45.5 Å². The molecule has 2 aliphatic rings. The molecule has 0 aliphatic carbocycles. The van der Waals surface area contributed by atoms with E-state index in [1.165, 1.54) is 0 Å². The summed E-state index contributed by atoms with van der Waals surface area (Å²) in [5, 5.41) is 18.7. The van der Waals surface area contributed by atoms with Gasteiger partial charge >= 0.3 is 0 Å². The normalized spacial score (nSPS) is 30.4. The smallest absolute Gasteiger partial charge is 0.0861 e. The monoisotopic (exact) mass is 262 g/mol. The van der Waals surface area contributed by atoms with E-state index in [4.69, 9.17) is 14.6 Å². The van der Waals surface area contributed by atoms with Crippen molar-refractivity contribution in [2.45, 2.75) is 42.6 Å². The summed E-state index contributed by atoms with van der Waals surface area (Å²) < 4.78 is 11.4. The molecule has 4 nitrogen and oxygen atoms in total. The van der Waals surface area contributed by atoms with Crippen LogP contribution in [0, 0.1) is 0 Å². The average molecular weight is 262 g/mol.